The quantitative estimate of drug-likeness (QED) is 0.851. The molecule has 0 amide bonds. The molecule has 2 rings (SSSR count). The van der Waals surface area contributed by atoms with Gasteiger partial charge in [-0.15, -0.1) is 11.3 Å². The van der Waals surface area contributed by atoms with Crippen molar-refractivity contribution in [2.45, 2.75) is 6.92 Å². The summed E-state index contributed by atoms with van der Waals surface area (Å²) in [6, 6.07) is 3.88. The number of hydrogen-bond donors (Lipinski definition) is 0. The molecule has 5 heteroatoms. The molecule has 0 saturated heterocycles. The van der Waals surface area contributed by atoms with Crippen molar-refractivity contribution in [3.05, 3.63) is 23.1 Å². The minimum Gasteiger partial charge on any atom is -0.493 e. The van der Waals surface area contributed by atoms with Crippen LogP contribution in [0.3, 0.4) is 0 Å². The van der Waals surface area contributed by atoms with Gasteiger partial charge in [0.15, 0.2) is 11.5 Å². The molecule has 0 atom stereocenters. The minimum atomic E-state index is 0.629. The van der Waals surface area contributed by atoms with Crippen molar-refractivity contribution in [3.63, 3.8) is 0 Å². The first-order chi connectivity index (χ1) is 8.69. The number of benzene rings is 1. The lowest BCUT2D eigenvalue weighted by molar-refractivity contribution is 0.355. The van der Waals surface area contributed by atoms with Gasteiger partial charge in [-0.1, -0.05) is 0 Å². The zero-order chi connectivity index (χ0) is 13.1. The van der Waals surface area contributed by atoms with Crippen molar-refractivity contribution in [1.82, 2.24) is 4.98 Å². The molecule has 96 valence electrons. The Bertz CT molecular complexity index is 551. The Morgan fingerprint density at radius 3 is 2.22 bits per heavy atom. The lowest BCUT2D eigenvalue weighted by atomic mass is 10.1. The van der Waals surface area contributed by atoms with E-state index in [1.54, 1.807) is 32.7 Å². The topological polar surface area (TPSA) is 40.6 Å². The summed E-state index contributed by atoms with van der Waals surface area (Å²) in [5, 5.41) is 2.79. The summed E-state index contributed by atoms with van der Waals surface area (Å²) in [6.07, 6.45) is 0. The van der Waals surface area contributed by atoms with Crippen molar-refractivity contribution in [3.8, 4) is 28.0 Å². The van der Waals surface area contributed by atoms with E-state index >= 15 is 0 Å². The second-order valence-corrected chi connectivity index (χ2v) is 4.58. The lowest BCUT2D eigenvalue weighted by Gasteiger charge is -2.11. The third-order valence-corrected chi connectivity index (χ3v) is 3.51. The van der Waals surface area contributed by atoms with Crippen LogP contribution in [0.25, 0.3) is 10.6 Å². The molecular formula is C13H15NO3S. The van der Waals surface area contributed by atoms with E-state index < -0.39 is 0 Å². The number of methoxy groups -OCH3 is 3. The Morgan fingerprint density at radius 2 is 1.67 bits per heavy atom. The molecule has 2 aromatic rings. The van der Waals surface area contributed by atoms with E-state index in [-0.39, 0.29) is 0 Å². The molecule has 0 aliphatic rings. The van der Waals surface area contributed by atoms with Gasteiger partial charge in [-0.3, -0.25) is 0 Å². The van der Waals surface area contributed by atoms with Crippen LogP contribution < -0.4 is 14.2 Å². The van der Waals surface area contributed by atoms with Crippen LogP contribution in [0, 0.1) is 6.92 Å². The van der Waals surface area contributed by atoms with Crippen LogP contribution >= 0.6 is 11.3 Å². The Balaban J connectivity index is 2.50. The monoisotopic (exact) mass is 265 g/mol. The van der Waals surface area contributed by atoms with Gasteiger partial charge in [0.05, 0.1) is 26.7 Å². The summed E-state index contributed by atoms with van der Waals surface area (Å²) >= 11 is 1.54. The maximum Gasteiger partial charge on any atom is 0.224 e. The van der Waals surface area contributed by atoms with Crippen molar-refractivity contribution >= 4 is 11.3 Å². The van der Waals surface area contributed by atoms with Gasteiger partial charge in [-0.05, 0) is 24.6 Å². The van der Waals surface area contributed by atoms with E-state index in [9.17, 15) is 0 Å². The summed E-state index contributed by atoms with van der Waals surface area (Å²) in [7, 11) is 4.86. The highest BCUT2D eigenvalue weighted by Crippen LogP contribution is 2.37. The fourth-order valence-corrected chi connectivity index (χ4v) is 2.54. The predicted molar refractivity (Wildman–Crippen MR) is 71.9 cm³/mol. The molecule has 18 heavy (non-hydrogen) atoms. The van der Waals surface area contributed by atoms with Gasteiger partial charge in [-0.25, -0.2) is 4.98 Å². The molecule has 4 nitrogen and oxygen atoms in total. The Hall–Kier alpha value is -1.75. The summed E-state index contributed by atoms with van der Waals surface area (Å²) in [6.45, 7) is 2.02. The molecule has 0 bridgehead atoms. The maximum atomic E-state index is 5.31. The molecule has 0 fully saturated rings. The van der Waals surface area contributed by atoms with E-state index in [1.807, 2.05) is 24.4 Å². The zero-order valence-corrected chi connectivity index (χ0v) is 11.6. The van der Waals surface area contributed by atoms with Gasteiger partial charge in [0.25, 0.3) is 0 Å². The molecule has 1 aromatic heterocycles. The average Bonchev–Trinajstić information content (AvgIpc) is 2.86. The van der Waals surface area contributed by atoms with E-state index in [4.69, 9.17) is 14.2 Å². The largest absolute Gasteiger partial charge is 0.493 e. The Labute approximate surface area is 110 Å². The number of thiazole rings is 1. The minimum absolute atomic E-state index is 0.629. The third kappa shape index (κ3) is 2.26. The zero-order valence-electron chi connectivity index (χ0n) is 10.8. The molecule has 0 radical (unpaired) electrons. The van der Waals surface area contributed by atoms with Gasteiger partial charge >= 0.3 is 0 Å². The van der Waals surface area contributed by atoms with Crippen molar-refractivity contribution < 1.29 is 14.2 Å². The smallest absolute Gasteiger partial charge is 0.224 e. The molecule has 0 saturated carbocycles. The summed E-state index contributed by atoms with van der Waals surface area (Å²) < 4.78 is 15.7. The van der Waals surface area contributed by atoms with Crippen LogP contribution in [0.2, 0.25) is 0 Å². The molecule has 0 spiro atoms. The van der Waals surface area contributed by atoms with Gasteiger partial charge in [0.1, 0.15) is 5.01 Å². The number of rotatable bonds is 4. The Kier molecular flexibility index (Phi) is 3.72. The second kappa shape index (κ2) is 5.27. The van der Waals surface area contributed by atoms with E-state index in [0.29, 0.717) is 11.6 Å². The van der Waals surface area contributed by atoms with Gasteiger partial charge in [-0.2, -0.15) is 0 Å². The first-order valence-electron chi connectivity index (χ1n) is 5.42. The SMILES string of the molecule is COc1csc(-c2cc(OC)c(OC)cc2C)n1. The molecule has 0 N–H and O–H groups in total. The van der Waals surface area contributed by atoms with Crippen LogP contribution in [0.15, 0.2) is 17.5 Å². The number of hydrogen-bond acceptors (Lipinski definition) is 5. The maximum absolute atomic E-state index is 5.31. The Morgan fingerprint density at radius 1 is 1.00 bits per heavy atom. The van der Waals surface area contributed by atoms with E-state index in [2.05, 4.69) is 4.98 Å². The van der Waals surface area contributed by atoms with Gasteiger partial charge in [0, 0.05) is 5.56 Å². The lowest BCUT2D eigenvalue weighted by Crippen LogP contribution is -1.93. The van der Waals surface area contributed by atoms with Crippen molar-refractivity contribution in [1.29, 1.82) is 0 Å². The number of aromatic nitrogens is 1. The van der Waals surface area contributed by atoms with Crippen LogP contribution in [-0.4, -0.2) is 26.3 Å². The van der Waals surface area contributed by atoms with Crippen LogP contribution in [0.1, 0.15) is 5.56 Å². The number of aryl methyl sites for hydroxylation is 1. The number of nitrogens with zero attached hydrogens (tertiary/aromatic N) is 1. The van der Waals surface area contributed by atoms with Crippen LogP contribution in [0.5, 0.6) is 17.4 Å². The molecule has 0 aliphatic carbocycles. The van der Waals surface area contributed by atoms with E-state index in [1.165, 1.54) is 0 Å². The predicted octanol–water partition coefficient (Wildman–Crippen LogP) is 3.14. The highest BCUT2D eigenvalue weighted by Gasteiger charge is 2.13. The summed E-state index contributed by atoms with van der Waals surface area (Å²) in [5.41, 5.74) is 2.12. The molecule has 1 heterocycles. The normalized spacial score (nSPS) is 10.2. The first-order valence-corrected chi connectivity index (χ1v) is 6.30. The molecule has 1 aromatic carbocycles. The van der Waals surface area contributed by atoms with Gasteiger partial charge in [0.2, 0.25) is 5.88 Å². The van der Waals surface area contributed by atoms with Crippen molar-refractivity contribution in [2.75, 3.05) is 21.3 Å². The first kappa shape index (κ1) is 12.7. The fourth-order valence-electron chi connectivity index (χ4n) is 1.69. The van der Waals surface area contributed by atoms with Crippen LogP contribution in [-0.2, 0) is 0 Å². The van der Waals surface area contributed by atoms with Crippen LogP contribution in [0.4, 0.5) is 0 Å². The average molecular weight is 265 g/mol. The second-order valence-electron chi connectivity index (χ2n) is 3.72. The molecule has 0 aliphatic heterocycles. The summed E-state index contributed by atoms with van der Waals surface area (Å²) in [4.78, 5) is 4.39. The number of ether oxygens (including phenoxy) is 3. The van der Waals surface area contributed by atoms with Crippen molar-refractivity contribution in [2.24, 2.45) is 0 Å². The van der Waals surface area contributed by atoms with Gasteiger partial charge < -0.3 is 14.2 Å². The standard InChI is InChI=1S/C13H15NO3S/c1-8-5-10(15-2)11(16-3)6-9(8)13-14-12(17-4)7-18-13/h5-7H,1-4H3. The molecule has 0 unspecified atom stereocenters. The van der Waals surface area contributed by atoms with E-state index in [0.717, 1.165) is 21.9 Å². The summed E-state index contributed by atoms with van der Waals surface area (Å²) in [5.74, 6) is 2.05. The fraction of sp³-hybridized carbons (Fsp3) is 0.308. The molecular weight excluding hydrogens is 250 g/mol. The third-order valence-electron chi connectivity index (χ3n) is 2.65. The highest BCUT2D eigenvalue weighted by molar-refractivity contribution is 7.13. The highest BCUT2D eigenvalue weighted by atomic mass is 32.1.